The van der Waals surface area contributed by atoms with Crippen molar-refractivity contribution in [2.24, 2.45) is 0 Å². The highest BCUT2D eigenvalue weighted by atomic mass is 16.1. The summed E-state index contributed by atoms with van der Waals surface area (Å²) in [5.74, 6) is 0.436. The minimum absolute atomic E-state index is 0.0242. The molecule has 0 fully saturated rings. The number of nitrogens with two attached hydrogens (primary N) is 1. The van der Waals surface area contributed by atoms with E-state index in [4.69, 9.17) is 11.0 Å². The van der Waals surface area contributed by atoms with E-state index in [0.717, 1.165) is 11.1 Å². The molecule has 0 saturated heterocycles. The van der Waals surface area contributed by atoms with Gasteiger partial charge in [-0.2, -0.15) is 5.26 Å². The maximum absolute atomic E-state index is 11.6. The molecule has 5 nitrogen and oxygen atoms in total. The lowest BCUT2D eigenvalue weighted by molar-refractivity contribution is 0.945. The summed E-state index contributed by atoms with van der Waals surface area (Å²) < 4.78 is 0. The third-order valence-corrected chi connectivity index (χ3v) is 2.56. The smallest absolute Gasteiger partial charge is 0.271 e. The molecule has 1 aromatic carbocycles. The molecule has 1 heterocycles. The molecule has 0 radical (unpaired) electrons. The summed E-state index contributed by atoms with van der Waals surface area (Å²) in [4.78, 5) is 18.1. The predicted octanol–water partition coefficient (Wildman–Crippen LogP) is 1.12. The van der Waals surface area contributed by atoms with E-state index in [2.05, 4.69) is 9.97 Å². The average Bonchev–Trinajstić information content (AvgIpc) is 2.28. The number of benzene rings is 1. The number of nitrogens with one attached hydrogen (secondary N) is 1. The Hall–Kier alpha value is -2.61. The number of nitrogen functional groups attached to an aromatic ring is 1. The molecule has 3 N–H and O–H groups in total. The molecule has 0 amide bonds. The highest BCUT2D eigenvalue weighted by Gasteiger charge is 2.08. The molecule has 0 saturated carbocycles. The van der Waals surface area contributed by atoms with Gasteiger partial charge in [0, 0.05) is 6.42 Å². The van der Waals surface area contributed by atoms with Crippen molar-refractivity contribution in [3.05, 3.63) is 57.1 Å². The molecule has 90 valence electrons. The summed E-state index contributed by atoms with van der Waals surface area (Å²) in [5.41, 5.74) is 7.10. The molecule has 0 unspecified atom stereocenters. The van der Waals surface area contributed by atoms with Gasteiger partial charge in [-0.05, 0) is 12.5 Å². The average molecular weight is 240 g/mol. The Labute approximate surface area is 104 Å². The fraction of sp³-hybridized carbons (Fsp3) is 0.154. The van der Waals surface area contributed by atoms with Gasteiger partial charge in [0.2, 0.25) is 0 Å². The number of aromatic amines is 1. The maximum atomic E-state index is 11.6. The third kappa shape index (κ3) is 2.38. The number of aryl methyl sites for hydroxylation is 1. The molecule has 0 aliphatic heterocycles. The number of rotatable bonds is 2. The maximum Gasteiger partial charge on any atom is 0.271 e. The Kier molecular flexibility index (Phi) is 3.11. The van der Waals surface area contributed by atoms with Crippen LogP contribution in [0.3, 0.4) is 0 Å². The van der Waals surface area contributed by atoms with E-state index in [9.17, 15) is 4.79 Å². The zero-order valence-electron chi connectivity index (χ0n) is 9.90. The zero-order valence-corrected chi connectivity index (χ0v) is 9.90. The number of nitriles is 1. The van der Waals surface area contributed by atoms with E-state index >= 15 is 0 Å². The van der Waals surface area contributed by atoms with Gasteiger partial charge in [0.25, 0.3) is 5.56 Å². The molecular formula is C13H12N4O. The van der Waals surface area contributed by atoms with Gasteiger partial charge in [-0.3, -0.25) is 4.79 Å². The van der Waals surface area contributed by atoms with Gasteiger partial charge in [0.15, 0.2) is 5.56 Å². The van der Waals surface area contributed by atoms with E-state index in [1.165, 1.54) is 0 Å². The summed E-state index contributed by atoms with van der Waals surface area (Å²) in [6.45, 7) is 1.99. The SMILES string of the molecule is Cc1cccc(Cc2nc(N)c(C#N)c(=O)[nH]2)c1. The second kappa shape index (κ2) is 4.72. The molecule has 5 heteroatoms. The van der Waals surface area contributed by atoms with Crippen LogP contribution in [0.4, 0.5) is 5.82 Å². The summed E-state index contributed by atoms with van der Waals surface area (Å²) in [6, 6.07) is 9.62. The van der Waals surface area contributed by atoms with Crippen LogP contribution in [0, 0.1) is 18.3 Å². The van der Waals surface area contributed by atoms with E-state index in [0.29, 0.717) is 12.2 Å². The molecule has 0 bridgehead atoms. The molecule has 0 aliphatic rings. The molecule has 0 spiro atoms. The Bertz CT molecular complexity index is 682. The van der Waals surface area contributed by atoms with Gasteiger partial charge in [-0.25, -0.2) is 4.98 Å². The highest BCUT2D eigenvalue weighted by Crippen LogP contribution is 2.09. The standard InChI is InChI=1S/C13H12N4O/c1-8-3-2-4-9(5-8)6-11-16-12(15)10(7-14)13(18)17-11/h2-5H,6H2,1H3,(H3,15,16,17,18). The van der Waals surface area contributed by atoms with Crippen molar-refractivity contribution in [1.29, 1.82) is 5.26 Å². The minimum atomic E-state index is -0.493. The molecule has 1 aromatic heterocycles. The van der Waals surface area contributed by atoms with Crippen molar-refractivity contribution in [3.63, 3.8) is 0 Å². The summed E-state index contributed by atoms with van der Waals surface area (Å²) >= 11 is 0. The van der Waals surface area contributed by atoms with Crippen LogP contribution in [0.1, 0.15) is 22.5 Å². The van der Waals surface area contributed by atoms with Crippen molar-refractivity contribution in [2.75, 3.05) is 5.73 Å². The van der Waals surface area contributed by atoms with Crippen molar-refractivity contribution < 1.29 is 0 Å². The first-order valence-corrected chi connectivity index (χ1v) is 5.44. The second-order valence-corrected chi connectivity index (χ2v) is 4.05. The Morgan fingerprint density at radius 1 is 1.50 bits per heavy atom. The summed E-state index contributed by atoms with van der Waals surface area (Å²) in [7, 11) is 0. The normalized spacial score (nSPS) is 10.0. The van der Waals surface area contributed by atoms with Crippen molar-refractivity contribution in [3.8, 4) is 6.07 Å². The van der Waals surface area contributed by atoms with Crippen molar-refractivity contribution in [2.45, 2.75) is 13.3 Å². The molecule has 2 aromatic rings. The van der Waals surface area contributed by atoms with Gasteiger partial charge in [0.1, 0.15) is 17.7 Å². The van der Waals surface area contributed by atoms with Gasteiger partial charge in [-0.1, -0.05) is 29.8 Å². The number of aromatic nitrogens is 2. The molecule has 0 aliphatic carbocycles. The summed E-state index contributed by atoms with van der Waals surface area (Å²) in [6.07, 6.45) is 0.479. The first-order chi connectivity index (χ1) is 8.60. The molecular weight excluding hydrogens is 228 g/mol. The van der Waals surface area contributed by atoms with E-state index in [1.807, 2.05) is 31.2 Å². The van der Waals surface area contributed by atoms with Crippen molar-refractivity contribution in [1.82, 2.24) is 9.97 Å². The van der Waals surface area contributed by atoms with Crippen molar-refractivity contribution >= 4 is 5.82 Å². The van der Waals surface area contributed by atoms with Crippen LogP contribution in [0.2, 0.25) is 0 Å². The first kappa shape index (κ1) is 11.9. The first-order valence-electron chi connectivity index (χ1n) is 5.44. The van der Waals surface area contributed by atoms with Crippen LogP contribution in [0.15, 0.2) is 29.1 Å². The largest absolute Gasteiger partial charge is 0.382 e. The van der Waals surface area contributed by atoms with Crippen LogP contribution in [-0.4, -0.2) is 9.97 Å². The topological polar surface area (TPSA) is 95.6 Å². The third-order valence-electron chi connectivity index (χ3n) is 2.56. The fourth-order valence-electron chi connectivity index (χ4n) is 1.75. The van der Waals surface area contributed by atoms with Crippen LogP contribution in [0.25, 0.3) is 0 Å². The molecule has 18 heavy (non-hydrogen) atoms. The number of anilines is 1. The van der Waals surface area contributed by atoms with E-state index < -0.39 is 5.56 Å². The van der Waals surface area contributed by atoms with E-state index in [1.54, 1.807) is 6.07 Å². The number of hydrogen-bond donors (Lipinski definition) is 2. The van der Waals surface area contributed by atoms with Gasteiger partial charge < -0.3 is 10.7 Å². The lowest BCUT2D eigenvalue weighted by Crippen LogP contribution is -2.18. The minimum Gasteiger partial charge on any atom is -0.382 e. The Balaban J connectivity index is 2.37. The molecule has 2 rings (SSSR count). The highest BCUT2D eigenvalue weighted by molar-refractivity contribution is 5.46. The lowest BCUT2D eigenvalue weighted by atomic mass is 10.1. The van der Waals surface area contributed by atoms with E-state index in [-0.39, 0.29) is 11.4 Å². The van der Waals surface area contributed by atoms with Crippen LogP contribution < -0.4 is 11.3 Å². The van der Waals surface area contributed by atoms with Gasteiger partial charge in [-0.15, -0.1) is 0 Å². The van der Waals surface area contributed by atoms with Crippen LogP contribution in [0.5, 0.6) is 0 Å². The van der Waals surface area contributed by atoms with Crippen LogP contribution in [-0.2, 0) is 6.42 Å². The number of hydrogen-bond acceptors (Lipinski definition) is 4. The fourth-order valence-corrected chi connectivity index (χ4v) is 1.75. The second-order valence-electron chi connectivity index (χ2n) is 4.05. The monoisotopic (exact) mass is 240 g/mol. The number of nitrogens with zero attached hydrogens (tertiary/aromatic N) is 2. The van der Waals surface area contributed by atoms with Gasteiger partial charge >= 0.3 is 0 Å². The Morgan fingerprint density at radius 3 is 2.89 bits per heavy atom. The predicted molar refractivity (Wildman–Crippen MR) is 68.0 cm³/mol. The zero-order chi connectivity index (χ0) is 13.1. The quantitative estimate of drug-likeness (QED) is 0.822. The Morgan fingerprint density at radius 2 is 2.28 bits per heavy atom. The number of H-pyrrole nitrogens is 1. The summed E-state index contributed by atoms with van der Waals surface area (Å²) in [5, 5.41) is 8.73. The molecule has 0 atom stereocenters. The lowest BCUT2D eigenvalue weighted by Gasteiger charge is -2.04. The van der Waals surface area contributed by atoms with Crippen LogP contribution >= 0.6 is 0 Å². The van der Waals surface area contributed by atoms with Gasteiger partial charge in [0.05, 0.1) is 0 Å².